The Labute approximate surface area is 227 Å². The van der Waals surface area contributed by atoms with Crippen molar-refractivity contribution in [2.45, 2.75) is 46.0 Å². The maximum Gasteiger partial charge on any atom is 0.344 e. The fourth-order valence-electron chi connectivity index (χ4n) is 4.98. The van der Waals surface area contributed by atoms with Crippen LogP contribution < -0.4 is 24.6 Å². The summed E-state index contributed by atoms with van der Waals surface area (Å²) < 4.78 is 29.2. The molecule has 0 spiro atoms. The summed E-state index contributed by atoms with van der Waals surface area (Å²) in [6.07, 6.45) is -1.78. The van der Waals surface area contributed by atoms with Gasteiger partial charge in [0.2, 0.25) is 0 Å². The number of halogens is 1. The molecule has 1 heterocycles. The van der Waals surface area contributed by atoms with Gasteiger partial charge in [0.15, 0.2) is 5.78 Å². The molecule has 5 rings (SSSR count). The van der Waals surface area contributed by atoms with Crippen LogP contribution in [0.5, 0.6) is 23.0 Å². The van der Waals surface area contributed by atoms with Crippen molar-refractivity contribution < 1.29 is 33.3 Å². The monoisotopic (exact) mass is 582 g/mol. The van der Waals surface area contributed by atoms with Gasteiger partial charge in [0.05, 0.1) is 37.2 Å². The van der Waals surface area contributed by atoms with Crippen LogP contribution in [0.1, 0.15) is 60.8 Å². The van der Waals surface area contributed by atoms with Crippen molar-refractivity contribution in [3.63, 3.8) is 0 Å². The van der Waals surface area contributed by atoms with Gasteiger partial charge in [-0.2, -0.15) is 0 Å². The van der Waals surface area contributed by atoms with Crippen LogP contribution in [0.15, 0.2) is 44.0 Å². The van der Waals surface area contributed by atoms with Crippen LogP contribution in [-0.2, 0) is 0 Å². The Hall–Kier alpha value is -3.56. The number of hydrogen-bond acceptors (Lipinski definition) is 8. The van der Waals surface area contributed by atoms with Gasteiger partial charge in [-0.05, 0) is 45.9 Å². The third-order valence-electron chi connectivity index (χ3n) is 6.38. The summed E-state index contributed by atoms with van der Waals surface area (Å²) in [6.45, 7) is 7.38. The number of fused-ring (bicyclic) bond motifs is 6. The summed E-state index contributed by atoms with van der Waals surface area (Å²) >= 11 is 3.50. The van der Waals surface area contributed by atoms with Crippen molar-refractivity contribution in [3.05, 3.63) is 67.5 Å². The van der Waals surface area contributed by atoms with Crippen molar-refractivity contribution in [1.29, 1.82) is 0 Å². The zero-order valence-electron chi connectivity index (χ0n) is 21.8. The highest BCUT2D eigenvalue weighted by Gasteiger charge is 2.39. The van der Waals surface area contributed by atoms with Crippen LogP contribution in [0.4, 0.5) is 0 Å². The number of hydrogen-bond donors (Lipinski definition) is 1. The second-order valence-corrected chi connectivity index (χ2v) is 10.4. The standard InChI is InChI=1S/C29H27BrO8/c1-12(2)36-17-8-7-16(30)22-24(17)28(32)25-20(37-13(3)4)11-15-21(26(25)27(22)31)23-18(35-6)9-14(34-5)10-19(23)38-29(15)33/h7-13,28,32H,1-6H3. The topological polar surface area (TPSA) is 104 Å². The Bertz CT molecular complexity index is 1670. The smallest absolute Gasteiger partial charge is 0.344 e. The predicted molar refractivity (Wildman–Crippen MR) is 146 cm³/mol. The minimum atomic E-state index is -1.28. The number of ether oxygens (including phenoxy) is 4. The van der Waals surface area contributed by atoms with Crippen LogP contribution in [0.3, 0.4) is 0 Å². The summed E-state index contributed by atoms with van der Waals surface area (Å²) in [4.78, 5) is 27.7. The fraction of sp³-hybridized carbons (Fsp3) is 0.310. The molecule has 8 nitrogen and oxygen atoms in total. The number of carbonyl (C=O) groups excluding carboxylic acids is 1. The number of rotatable bonds is 6. The van der Waals surface area contributed by atoms with Crippen LogP contribution >= 0.6 is 15.9 Å². The average molecular weight is 583 g/mol. The van der Waals surface area contributed by atoms with E-state index >= 15 is 0 Å². The van der Waals surface area contributed by atoms with E-state index < -0.39 is 17.5 Å². The maximum atomic E-state index is 14.4. The highest BCUT2D eigenvalue weighted by Crippen LogP contribution is 2.50. The van der Waals surface area contributed by atoms with Gasteiger partial charge in [-0.1, -0.05) is 15.9 Å². The number of ketones is 1. The van der Waals surface area contributed by atoms with Crippen molar-refractivity contribution in [2.24, 2.45) is 0 Å². The van der Waals surface area contributed by atoms with Crippen LogP contribution in [-0.4, -0.2) is 37.3 Å². The molecule has 0 radical (unpaired) electrons. The van der Waals surface area contributed by atoms with Crippen molar-refractivity contribution >= 4 is 43.5 Å². The number of benzene rings is 3. The largest absolute Gasteiger partial charge is 0.496 e. The lowest BCUT2D eigenvalue weighted by molar-refractivity contribution is 0.101. The third kappa shape index (κ3) is 4.01. The number of aliphatic hydroxyl groups excluding tert-OH is 1. The van der Waals surface area contributed by atoms with Gasteiger partial charge in [0.25, 0.3) is 0 Å². The predicted octanol–water partition coefficient (Wildman–Crippen LogP) is 5.93. The van der Waals surface area contributed by atoms with Gasteiger partial charge in [-0.25, -0.2) is 4.79 Å². The zero-order valence-corrected chi connectivity index (χ0v) is 23.4. The van der Waals surface area contributed by atoms with E-state index in [4.69, 9.17) is 23.4 Å². The molecule has 1 aromatic heterocycles. The lowest BCUT2D eigenvalue weighted by Crippen LogP contribution is -2.25. The second kappa shape index (κ2) is 9.63. The Morgan fingerprint density at radius 1 is 0.842 bits per heavy atom. The van der Waals surface area contributed by atoms with Gasteiger partial charge >= 0.3 is 5.63 Å². The quantitative estimate of drug-likeness (QED) is 0.220. The van der Waals surface area contributed by atoms with E-state index in [-0.39, 0.29) is 45.6 Å². The molecule has 9 heteroatoms. The molecule has 0 saturated carbocycles. The summed E-state index contributed by atoms with van der Waals surface area (Å²) in [5.74, 6) is 0.964. The third-order valence-corrected chi connectivity index (χ3v) is 7.04. The van der Waals surface area contributed by atoms with Gasteiger partial charge in [-0.3, -0.25) is 4.79 Å². The van der Waals surface area contributed by atoms with Crippen LogP contribution in [0.2, 0.25) is 0 Å². The van der Waals surface area contributed by atoms with Crippen LogP contribution in [0.25, 0.3) is 21.7 Å². The Morgan fingerprint density at radius 3 is 2.13 bits per heavy atom. The fourth-order valence-corrected chi connectivity index (χ4v) is 5.51. The van der Waals surface area contributed by atoms with E-state index in [1.54, 1.807) is 24.3 Å². The molecule has 1 aliphatic rings. The highest BCUT2D eigenvalue weighted by molar-refractivity contribution is 9.10. The lowest BCUT2D eigenvalue weighted by atomic mass is 9.79. The Kier molecular flexibility index (Phi) is 6.61. The molecular weight excluding hydrogens is 556 g/mol. The zero-order chi connectivity index (χ0) is 27.5. The molecule has 198 valence electrons. The molecule has 1 atom stereocenters. The molecule has 1 aliphatic carbocycles. The van der Waals surface area contributed by atoms with Gasteiger partial charge in [-0.15, -0.1) is 0 Å². The number of aliphatic hydroxyl groups is 1. The van der Waals surface area contributed by atoms with Gasteiger partial charge in [0, 0.05) is 44.2 Å². The first-order valence-electron chi connectivity index (χ1n) is 12.1. The van der Waals surface area contributed by atoms with Crippen molar-refractivity contribution in [2.75, 3.05) is 14.2 Å². The molecule has 0 saturated heterocycles. The molecule has 0 aliphatic heterocycles. The van der Waals surface area contributed by atoms with Crippen LogP contribution in [0, 0.1) is 0 Å². The molecule has 0 amide bonds. The molecule has 0 fully saturated rings. The molecule has 38 heavy (non-hydrogen) atoms. The molecule has 3 aromatic carbocycles. The lowest BCUT2D eigenvalue weighted by Gasteiger charge is -2.30. The first-order chi connectivity index (χ1) is 18.1. The van der Waals surface area contributed by atoms with E-state index in [1.807, 2.05) is 27.7 Å². The molecular formula is C29H27BrO8. The summed E-state index contributed by atoms with van der Waals surface area (Å²) in [5, 5.41) is 12.7. The number of methoxy groups -OCH3 is 2. The molecule has 1 unspecified atom stereocenters. The maximum absolute atomic E-state index is 14.4. The van der Waals surface area contributed by atoms with E-state index in [0.717, 1.165) is 0 Å². The van der Waals surface area contributed by atoms with E-state index in [9.17, 15) is 14.7 Å². The molecule has 1 N–H and O–H groups in total. The normalized spacial score (nSPS) is 14.7. The summed E-state index contributed by atoms with van der Waals surface area (Å²) in [5.41, 5.74) is 0.493. The average Bonchev–Trinajstić information content (AvgIpc) is 2.86. The summed E-state index contributed by atoms with van der Waals surface area (Å²) in [6, 6.07) is 8.15. The molecule has 4 aromatic rings. The summed E-state index contributed by atoms with van der Waals surface area (Å²) in [7, 11) is 2.97. The minimum absolute atomic E-state index is 0.130. The van der Waals surface area contributed by atoms with E-state index in [1.165, 1.54) is 20.3 Å². The molecule has 0 bridgehead atoms. The Morgan fingerprint density at radius 2 is 1.50 bits per heavy atom. The SMILES string of the molecule is COc1cc(OC)c2c(c1)oc(=O)c1cc(OC(C)C)c3c(c12)C(=O)c1c(Br)ccc(OC(C)C)c1C3O. The first-order valence-corrected chi connectivity index (χ1v) is 12.9. The Balaban J connectivity index is 1.99. The van der Waals surface area contributed by atoms with Gasteiger partial charge in [0.1, 0.15) is 34.7 Å². The second-order valence-electron chi connectivity index (χ2n) is 9.58. The van der Waals surface area contributed by atoms with Crippen molar-refractivity contribution in [3.8, 4) is 23.0 Å². The van der Waals surface area contributed by atoms with E-state index in [2.05, 4.69) is 15.9 Å². The number of carbonyl (C=O) groups is 1. The van der Waals surface area contributed by atoms with Gasteiger partial charge < -0.3 is 28.5 Å². The minimum Gasteiger partial charge on any atom is -0.496 e. The van der Waals surface area contributed by atoms with Crippen molar-refractivity contribution in [1.82, 2.24) is 0 Å². The van der Waals surface area contributed by atoms with E-state index in [0.29, 0.717) is 38.1 Å². The highest BCUT2D eigenvalue weighted by atomic mass is 79.9. The first kappa shape index (κ1) is 26.1.